The normalized spacial score (nSPS) is 16.4. The minimum absolute atomic E-state index is 0.0160. The molecule has 0 aliphatic carbocycles. The van der Waals surface area contributed by atoms with Crippen LogP contribution in [0.4, 0.5) is 5.82 Å². The first kappa shape index (κ1) is 19.0. The fourth-order valence-corrected chi connectivity index (χ4v) is 3.97. The van der Waals surface area contributed by atoms with E-state index in [-0.39, 0.29) is 6.04 Å². The monoisotopic (exact) mass is 415 g/mol. The van der Waals surface area contributed by atoms with E-state index in [0.29, 0.717) is 35.6 Å². The number of piperidine rings is 1. The second-order valence-corrected chi connectivity index (χ2v) is 7.48. The number of nitrogens with two attached hydrogens (primary N) is 1. The molecule has 2 aromatic heterocycles. The summed E-state index contributed by atoms with van der Waals surface area (Å²) >= 11 is 0. The molecule has 5 rings (SSSR count). The first-order valence-corrected chi connectivity index (χ1v) is 10.1. The molecule has 0 spiro atoms. The highest BCUT2D eigenvalue weighted by molar-refractivity contribution is 5.98. The highest BCUT2D eigenvalue weighted by atomic mass is 16.5. The number of ether oxygens (including phenoxy) is 1. The van der Waals surface area contributed by atoms with E-state index in [1.807, 2.05) is 59.3 Å². The molecular formula is C22H21N7O2. The van der Waals surface area contributed by atoms with Gasteiger partial charge < -0.3 is 10.5 Å². The van der Waals surface area contributed by atoms with Gasteiger partial charge in [-0.25, -0.2) is 14.6 Å². The number of nitrogens with zero attached hydrogens (tertiary/aromatic N) is 6. The Morgan fingerprint density at radius 2 is 1.81 bits per heavy atom. The summed E-state index contributed by atoms with van der Waals surface area (Å²) in [6.07, 6.45) is 3.18. The van der Waals surface area contributed by atoms with E-state index < -0.39 is 0 Å². The van der Waals surface area contributed by atoms with Crippen molar-refractivity contribution in [3.05, 3.63) is 65.8 Å². The maximum absolute atomic E-state index is 11.0. The number of benzene rings is 2. The van der Waals surface area contributed by atoms with Crippen molar-refractivity contribution in [3.63, 3.8) is 0 Å². The highest BCUT2D eigenvalue weighted by Crippen LogP contribution is 2.34. The predicted octanol–water partition coefficient (Wildman–Crippen LogP) is 4.19. The third kappa shape index (κ3) is 3.65. The summed E-state index contributed by atoms with van der Waals surface area (Å²) < 4.78 is 7.74. The van der Waals surface area contributed by atoms with E-state index in [0.717, 1.165) is 29.9 Å². The van der Waals surface area contributed by atoms with Gasteiger partial charge in [0.05, 0.1) is 23.3 Å². The standard InChI is InChI=1S/C22H21N7O2/c23-21-19-20(15-8-10-18(11-9-15)31-17-6-2-1-3-7-17)26-29(22(19)25-14-24-21)16-5-4-12-28(13-16)27-30/h1-3,6-11,14,16H,4-5,12-13H2,(H2,23,24,25)/t16-/m1/s1. The average molecular weight is 415 g/mol. The van der Waals surface area contributed by atoms with Crippen LogP contribution in [0.25, 0.3) is 22.3 Å². The van der Waals surface area contributed by atoms with Crippen molar-refractivity contribution in [2.75, 3.05) is 18.8 Å². The van der Waals surface area contributed by atoms with Gasteiger partial charge in [0.2, 0.25) is 0 Å². The van der Waals surface area contributed by atoms with Crippen molar-refractivity contribution in [3.8, 4) is 22.8 Å². The van der Waals surface area contributed by atoms with E-state index in [2.05, 4.69) is 15.3 Å². The maximum Gasteiger partial charge on any atom is 0.164 e. The van der Waals surface area contributed by atoms with Crippen molar-refractivity contribution in [1.29, 1.82) is 0 Å². The van der Waals surface area contributed by atoms with Gasteiger partial charge in [-0.2, -0.15) is 5.10 Å². The molecule has 2 aromatic carbocycles. The zero-order chi connectivity index (χ0) is 21.2. The summed E-state index contributed by atoms with van der Waals surface area (Å²) in [5, 5.41) is 10.2. The molecule has 0 radical (unpaired) electrons. The van der Waals surface area contributed by atoms with Crippen molar-refractivity contribution >= 4 is 16.9 Å². The van der Waals surface area contributed by atoms with Gasteiger partial charge in [-0.3, -0.25) is 5.01 Å². The number of rotatable bonds is 5. The lowest BCUT2D eigenvalue weighted by molar-refractivity contribution is 0.176. The lowest BCUT2D eigenvalue weighted by Gasteiger charge is -2.28. The molecule has 0 amide bonds. The molecular weight excluding hydrogens is 394 g/mol. The molecule has 9 heteroatoms. The molecule has 1 saturated heterocycles. The lowest BCUT2D eigenvalue weighted by atomic mass is 10.1. The van der Waals surface area contributed by atoms with E-state index in [1.54, 1.807) is 0 Å². The van der Waals surface area contributed by atoms with E-state index >= 15 is 0 Å². The third-order valence-electron chi connectivity index (χ3n) is 5.46. The summed E-state index contributed by atoms with van der Waals surface area (Å²) in [6, 6.07) is 17.3. The van der Waals surface area contributed by atoms with Gasteiger partial charge in [-0.15, -0.1) is 4.91 Å². The molecule has 0 unspecified atom stereocenters. The first-order valence-electron chi connectivity index (χ1n) is 10.1. The van der Waals surface area contributed by atoms with Gasteiger partial charge in [0.25, 0.3) is 0 Å². The molecule has 1 aliphatic heterocycles. The van der Waals surface area contributed by atoms with Gasteiger partial charge >= 0.3 is 0 Å². The Balaban J connectivity index is 1.52. The van der Waals surface area contributed by atoms with Gasteiger partial charge in [0.15, 0.2) is 5.65 Å². The molecule has 0 saturated carbocycles. The first-order chi connectivity index (χ1) is 15.2. The van der Waals surface area contributed by atoms with Gasteiger partial charge in [-0.05, 0) is 49.2 Å². The van der Waals surface area contributed by atoms with Gasteiger partial charge in [-0.1, -0.05) is 18.2 Å². The van der Waals surface area contributed by atoms with Crippen LogP contribution in [0, 0.1) is 4.91 Å². The molecule has 31 heavy (non-hydrogen) atoms. The molecule has 9 nitrogen and oxygen atoms in total. The molecule has 156 valence electrons. The Morgan fingerprint density at radius 3 is 2.58 bits per heavy atom. The van der Waals surface area contributed by atoms with E-state index in [4.69, 9.17) is 15.6 Å². The van der Waals surface area contributed by atoms with Crippen LogP contribution in [0.15, 0.2) is 66.2 Å². The summed E-state index contributed by atoms with van der Waals surface area (Å²) in [5.74, 6) is 1.87. The fourth-order valence-electron chi connectivity index (χ4n) is 3.97. The second-order valence-electron chi connectivity index (χ2n) is 7.48. The Morgan fingerprint density at radius 1 is 1.03 bits per heavy atom. The summed E-state index contributed by atoms with van der Waals surface area (Å²) in [7, 11) is 0. The molecule has 1 aliphatic rings. The Labute approximate surface area is 178 Å². The van der Waals surface area contributed by atoms with Crippen molar-refractivity contribution in [1.82, 2.24) is 24.8 Å². The Bertz CT molecular complexity index is 1210. The quantitative estimate of drug-likeness (QED) is 0.487. The topological polar surface area (TPSA) is 112 Å². The number of aromatic nitrogens is 4. The van der Waals surface area contributed by atoms with Crippen LogP contribution in [0.1, 0.15) is 18.9 Å². The van der Waals surface area contributed by atoms with Crippen LogP contribution in [0.3, 0.4) is 0 Å². The summed E-state index contributed by atoms with van der Waals surface area (Å²) in [5.41, 5.74) is 8.46. The van der Waals surface area contributed by atoms with E-state index in [9.17, 15) is 4.91 Å². The van der Waals surface area contributed by atoms with E-state index in [1.165, 1.54) is 11.3 Å². The SMILES string of the molecule is Nc1ncnc2c1c(-c1ccc(Oc3ccccc3)cc1)nn2[C@@H]1CCCN(N=O)C1. The molecule has 1 atom stereocenters. The number of anilines is 1. The Kier molecular flexibility index (Phi) is 4.91. The van der Waals surface area contributed by atoms with Gasteiger partial charge in [0.1, 0.15) is 29.3 Å². The van der Waals surface area contributed by atoms with Crippen LogP contribution in [-0.4, -0.2) is 37.8 Å². The molecule has 0 bridgehead atoms. The van der Waals surface area contributed by atoms with Crippen molar-refractivity contribution in [2.24, 2.45) is 5.29 Å². The summed E-state index contributed by atoms with van der Waals surface area (Å²) in [6.45, 7) is 1.15. The zero-order valence-electron chi connectivity index (χ0n) is 16.8. The van der Waals surface area contributed by atoms with Crippen molar-refractivity contribution in [2.45, 2.75) is 18.9 Å². The number of nitroso groups, excluding NO2 is 1. The van der Waals surface area contributed by atoms with Crippen LogP contribution in [0.5, 0.6) is 11.5 Å². The second kappa shape index (κ2) is 8.02. The minimum atomic E-state index is -0.0160. The van der Waals surface area contributed by atoms with Crippen LogP contribution in [-0.2, 0) is 0 Å². The number of para-hydroxylation sites is 1. The summed E-state index contributed by atoms with van der Waals surface area (Å²) in [4.78, 5) is 19.6. The zero-order valence-corrected chi connectivity index (χ0v) is 16.8. The third-order valence-corrected chi connectivity index (χ3v) is 5.46. The number of nitrogen functional groups attached to an aromatic ring is 1. The number of hydrogen-bond donors (Lipinski definition) is 1. The molecule has 4 aromatic rings. The lowest BCUT2D eigenvalue weighted by Crippen LogP contribution is -2.33. The largest absolute Gasteiger partial charge is 0.457 e. The van der Waals surface area contributed by atoms with Crippen LogP contribution >= 0.6 is 0 Å². The van der Waals surface area contributed by atoms with Gasteiger partial charge in [0, 0.05) is 12.1 Å². The van der Waals surface area contributed by atoms with Crippen LogP contribution < -0.4 is 10.5 Å². The highest BCUT2D eigenvalue weighted by Gasteiger charge is 2.26. The number of hydrogen-bond acceptors (Lipinski definition) is 7. The molecule has 1 fully saturated rings. The van der Waals surface area contributed by atoms with Crippen LogP contribution in [0.2, 0.25) is 0 Å². The molecule has 2 N–H and O–H groups in total. The fraction of sp³-hybridized carbons (Fsp3) is 0.227. The predicted molar refractivity (Wildman–Crippen MR) is 117 cm³/mol. The minimum Gasteiger partial charge on any atom is -0.457 e. The smallest absolute Gasteiger partial charge is 0.164 e. The average Bonchev–Trinajstić information content (AvgIpc) is 3.21. The van der Waals surface area contributed by atoms with Crippen molar-refractivity contribution < 1.29 is 4.74 Å². The Hall–Kier alpha value is -4.01. The molecule has 3 heterocycles. The number of fused-ring (bicyclic) bond motifs is 1. The maximum atomic E-state index is 11.0.